The van der Waals surface area contributed by atoms with Crippen LogP contribution in [0.3, 0.4) is 0 Å². The number of imidazole rings is 1. The number of aromatic nitrogens is 2. The van der Waals surface area contributed by atoms with Gasteiger partial charge < -0.3 is 14.8 Å². The van der Waals surface area contributed by atoms with Crippen LogP contribution in [0.5, 0.6) is 0 Å². The van der Waals surface area contributed by atoms with E-state index >= 15 is 0 Å². The first-order valence-electron chi connectivity index (χ1n) is 8.52. The molecule has 0 fully saturated rings. The first-order chi connectivity index (χ1) is 10.1. The summed E-state index contributed by atoms with van der Waals surface area (Å²) in [7, 11) is 0. The van der Waals surface area contributed by atoms with E-state index in [0.717, 1.165) is 26.2 Å². The fraction of sp³-hybridized carbons (Fsp3) is 0.824. The highest BCUT2D eigenvalue weighted by molar-refractivity contribution is 4.99. The molecule has 0 amide bonds. The van der Waals surface area contributed by atoms with E-state index in [9.17, 15) is 0 Å². The third kappa shape index (κ3) is 6.62. The Kier molecular flexibility index (Phi) is 8.62. The molecule has 21 heavy (non-hydrogen) atoms. The van der Waals surface area contributed by atoms with Gasteiger partial charge in [0.1, 0.15) is 0 Å². The van der Waals surface area contributed by atoms with Crippen molar-refractivity contribution in [1.82, 2.24) is 19.8 Å². The standard InChI is InChI=1S/C17H34N4/c1-6-20(7-2)10-8-9-16(5)21-14-19-13-17(21)12-18-11-15(3)4/h13-16,18H,6-12H2,1-5H3. The Morgan fingerprint density at radius 3 is 2.57 bits per heavy atom. The lowest BCUT2D eigenvalue weighted by atomic mass is 10.1. The molecule has 1 unspecified atom stereocenters. The van der Waals surface area contributed by atoms with E-state index in [1.165, 1.54) is 25.1 Å². The summed E-state index contributed by atoms with van der Waals surface area (Å²) < 4.78 is 2.33. The van der Waals surface area contributed by atoms with E-state index in [-0.39, 0.29) is 0 Å². The molecule has 0 spiro atoms. The number of rotatable bonds is 11. The van der Waals surface area contributed by atoms with Crippen LogP contribution in [0.25, 0.3) is 0 Å². The second kappa shape index (κ2) is 9.96. The van der Waals surface area contributed by atoms with Crippen molar-refractivity contribution in [2.75, 3.05) is 26.2 Å². The van der Waals surface area contributed by atoms with Gasteiger partial charge in [-0.05, 0) is 51.9 Å². The summed E-state index contributed by atoms with van der Waals surface area (Å²) in [4.78, 5) is 6.82. The van der Waals surface area contributed by atoms with Crippen molar-refractivity contribution >= 4 is 0 Å². The summed E-state index contributed by atoms with van der Waals surface area (Å²) in [6.07, 6.45) is 6.44. The first kappa shape index (κ1) is 18.2. The van der Waals surface area contributed by atoms with Crippen molar-refractivity contribution in [2.45, 2.75) is 60.0 Å². The Bertz CT molecular complexity index is 369. The van der Waals surface area contributed by atoms with Gasteiger partial charge in [0.25, 0.3) is 0 Å². The van der Waals surface area contributed by atoms with E-state index in [1.54, 1.807) is 0 Å². The van der Waals surface area contributed by atoms with Crippen LogP contribution < -0.4 is 5.32 Å². The SMILES string of the molecule is CCN(CC)CCCC(C)n1cncc1CNCC(C)C. The molecule has 1 heterocycles. The average Bonchev–Trinajstić information content (AvgIpc) is 2.91. The Hall–Kier alpha value is -0.870. The van der Waals surface area contributed by atoms with Gasteiger partial charge in [-0.3, -0.25) is 0 Å². The molecule has 122 valence electrons. The van der Waals surface area contributed by atoms with E-state index in [4.69, 9.17) is 0 Å². The predicted octanol–water partition coefficient (Wildman–Crippen LogP) is 3.31. The summed E-state index contributed by atoms with van der Waals surface area (Å²) in [5, 5.41) is 3.51. The van der Waals surface area contributed by atoms with Crippen LogP contribution in [0.4, 0.5) is 0 Å². The van der Waals surface area contributed by atoms with Gasteiger partial charge >= 0.3 is 0 Å². The molecule has 0 aliphatic carbocycles. The monoisotopic (exact) mass is 294 g/mol. The van der Waals surface area contributed by atoms with Crippen molar-refractivity contribution in [1.29, 1.82) is 0 Å². The zero-order valence-electron chi connectivity index (χ0n) is 14.6. The van der Waals surface area contributed by atoms with Gasteiger partial charge in [0.05, 0.1) is 12.0 Å². The summed E-state index contributed by atoms with van der Waals surface area (Å²) in [5.74, 6) is 0.688. The minimum Gasteiger partial charge on any atom is -0.331 e. The lowest BCUT2D eigenvalue weighted by Crippen LogP contribution is -2.25. The Morgan fingerprint density at radius 1 is 1.24 bits per heavy atom. The number of hydrogen-bond donors (Lipinski definition) is 1. The van der Waals surface area contributed by atoms with Gasteiger partial charge in [0.15, 0.2) is 0 Å². The van der Waals surface area contributed by atoms with Crippen molar-refractivity contribution in [3.8, 4) is 0 Å². The third-order valence-electron chi connectivity index (χ3n) is 4.07. The van der Waals surface area contributed by atoms with Crippen molar-refractivity contribution < 1.29 is 0 Å². The molecule has 1 rings (SSSR count). The maximum atomic E-state index is 4.33. The van der Waals surface area contributed by atoms with Crippen LogP contribution in [0.2, 0.25) is 0 Å². The van der Waals surface area contributed by atoms with E-state index < -0.39 is 0 Å². The molecule has 0 radical (unpaired) electrons. The molecular weight excluding hydrogens is 260 g/mol. The Labute approximate surface area is 130 Å². The second-order valence-corrected chi connectivity index (χ2v) is 6.34. The van der Waals surface area contributed by atoms with Gasteiger partial charge in [-0.1, -0.05) is 27.7 Å². The summed E-state index contributed by atoms with van der Waals surface area (Å²) >= 11 is 0. The average molecular weight is 294 g/mol. The van der Waals surface area contributed by atoms with Crippen molar-refractivity contribution in [2.24, 2.45) is 5.92 Å². The van der Waals surface area contributed by atoms with Crippen LogP contribution >= 0.6 is 0 Å². The molecule has 0 bridgehead atoms. The van der Waals surface area contributed by atoms with E-state index in [0.29, 0.717) is 12.0 Å². The maximum absolute atomic E-state index is 4.33. The van der Waals surface area contributed by atoms with Crippen LogP contribution in [-0.2, 0) is 6.54 Å². The molecule has 0 saturated heterocycles. The largest absolute Gasteiger partial charge is 0.331 e. The number of nitrogens with zero attached hydrogens (tertiary/aromatic N) is 3. The van der Waals surface area contributed by atoms with Gasteiger partial charge in [-0.15, -0.1) is 0 Å². The highest BCUT2D eigenvalue weighted by atomic mass is 15.1. The first-order valence-corrected chi connectivity index (χ1v) is 8.52. The zero-order valence-corrected chi connectivity index (χ0v) is 14.6. The fourth-order valence-electron chi connectivity index (χ4n) is 2.64. The lowest BCUT2D eigenvalue weighted by molar-refractivity contribution is 0.287. The normalized spacial score (nSPS) is 13.3. The minimum absolute atomic E-state index is 0.527. The Morgan fingerprint density at radius 2 is 1.95 bits per heavy atom. The van der Waals surface area contributed by atoms with Gasteiger partial charge in [0.2, 0.25) is 0 Å². The van der Waals surface area contributed by atoms with Crippen LogP contribution in [0.1, 0.15) is 59.2 Å². The lowest BCUT2D eigenvalue weighted by Gasteiger charge is -2.21. The molecule has 4 heteroatoms. The molecule has 1 N–H and O–H groups in total. The summed E-state index contributed by atoms with van der Waals surface area (Å²) in [6.45, 7) is 16.7. The molecular formula is C17H34N4. The van der Waals surface area contributed by atoms with Gasteiger partial charge in [-0.25, -0.2) is 4.98 Å². The number of hydrogen-bond acceptors (Lipinski definition) is 3. The summed E-state index contributed by atoms with van der Waals surface area (Å²) in [5.41, 5.74) is 1.30. The van der Waals surface area contributed by atoms with Crippen LogP contribution in [0.15, 0.2) is 12.5 Å². The second-order valence-electron chi connectivity index (χ2n) is 6.34. The molecule has 0 aliphatic heterocycles. The molecule has 1 aromatic rings. The maximum Gasteiger partial charge on any atom is 0.0951 e. The van der Waals surface area contributed by atoms with E-state index in [1.807, 2.05) is 12.5 Å². The van der Waals surface area contributed by atoms with Gasteiger partial charge in [0, 0.05) is 18.8 Å². The molecule has 0 saturated carbocycles. The minimum atomic E-state index is 0.527. The Balaban J connectivity index is 2.40. The fourth-order valence-corrected chi connectivity index (χ4v) is 2.64. The molecule has 0 aromatic carbocycles. The van der Waals surface area contributed by atoms with E-state index in [2.05, 4.69) is 54.4 Å². The molecule has 0 aliphatic rings. The summed E-state index contributed by atoms with van der Waals surface area (Å²) in [6, 6.07) is 0.527. The van der Waals surface area contributed by atoms with Crippen molar-refractivity contribution in [3.63, 3.8) is 0 Å². The molecule has 1 aromatic heterocycles. The third-order valence-corrected chi connectivity index (χ3v) is 4.07. The molecule has 1 atom stereocenters. The van der Waals surface area contributed by atoms with Crippen molar-refractivity contribution in [3.05, 3.63) is 18.2 Å². The topological polar surface area (TPSA) is 33.1 Å². The zero-order chi connectivity index (χ0) is 15.7. The highest BCUT2D eigenvalue weighted by Crippen LogP contribution is 2.16. The van der Waals surface area contributed by atoms with Crippen LogP contribution in [0, 0.1) is 5.92 Å². The smallest absolute Gasteiger partial charge is 0.0951 e. The van der Waals surface area contributed by atoms with Gasteiger partial charge in [-0.2, -0.15) is 0 Å². The predicted molar refractivity (Wildman–Crippen MR) is 90.5 cm³/mol. The molecule has 4 nitrogen and oxygen atoms in total. The quantitative estimate of drug-likeness (QED) is 0.680. The van der Waals surface area contributed by atoms with Crippen LogP contribution in [-0.4, -0.2) is 40.6 Å². The highest BCUT2D eigenvalue weighted by Gasteiger charge is 2.10. The number of nitrogens with one attached hydrogen (secondary N) is 1.